The highest BCUT2D eigenvalue weighted by atomic mass is 32.2. The summed E-state index contributed by atoms with van der Waals surface area (Å²) in [5.74, 6) is -1.04. The third-order valence-electron chi connectivity index (χ3n) is 6.88. The molecule has 2 aromatic carbocycles. The van der Waals surface area contributed by atoms with Crippen molar-refractivity contribution in [3.8, 4) is 11.1 Å². The minimum Gasteiger partial charge on any atom is -0.390 e. The van der Waals surface area contributed by atoms with Gasteiger partial charge >= 0.3 is 0 Å². The van der Waals surface area contributed by atoms with Crippen LogP contribution in [-0.4, -0.2) is 79.0 Å². The molecule has 1 fully saturated rings. The third-order valence-corrected chi connectivity index (χ3v) is 8.49. The van der Waals surface area contributed by atoms with E-state index in [0.29, 0.717) is 58.0 Å². The van der Waals surface area contributed by atoms with Gasteiger partial charge in [-0.1, -0.05) is 24.3 Å². The summed E-state index contributed by atoms with van der Waals surface area (Å²) in [6, 6.07) is 13.2. The van der Waals surface area contributed by atoms with Gasteiger partial charge in [0.15, 0.2) is 9.84 Å². The molecule has 2 aliphatic heterocycles. The summed E-state index contributed by atoms with van der Waals surface area (Å²) < 4.78 is 37.2. The Labute approximate surface area is 225 Å². The van der Waals surface area contributed by atoms with Crippen LogP contribution < -0.4 is 10.6 Å². The predicted molar refractivity (Wildman–Crippen MR) is 147 cm³/mol. The minimum atomic E-state index is -3.02. The van der Waals surface area contributed by atoms with E-state index in [1.807, 2.05) is 11.0 Å². The summed E-state index contributed by atoms with van der Waals surface area (Å²) in [4.78, 5) is 31.0. The van der Waals surface area contributed by atoms with Gasteiger partial charge in [0.25, 0.3) is 11.8 Å². The van der Waals surface area contributed by atoms with Crippen LogP contribution in [0.4, 0.5) is 10.1 Å². The Balaban J connectivity index is 1.35. The van der Waals surface area contributed by atoms with Crippen molar-refractivity contribution in [2.24, 2.45) is 0 Å². The normalized spacial score (nSPS) is 18.5. The molecule has 39 heavy (non-hydrogen) atoms. The van der Waals surface area contributed by atoms with E-state index in [2.05, 4.69) is 15.6 Å². The Morgan fingerprint density at radius 1 is 1.18 bits per heavy atom. The highest BCUT2D eigenvalue weighted by Crippen LogP contribution is 2.40. The average Bonchev–Trinajstić information content (AvgIpc) is 3.42. The molecule has 0 bridgehead atoms. The van der Waals surface area contributed by atoms with Crippen molar-refractivity contribution in [1.29, 1.82) is 0 Å². The van der Waals surface area contributed by atoms with E-state index < -0.39 is 21.8 Å². The summed E-state index contributed by atoms with van der Waals surface area (Å²) >= 11 is 0. The van der Waals surface area contributed by atoms with Crippen molar-refractivity contribution >= 4 is 39.0 Å². The molecule has 2 amide bonds. The summed E-state index contributed by atoms with van der Waals surface area (Å²) in [6.45, 7) is 2.72. The maximum atomic E-state index is 14.0. The van der Waals surface area contributed by atoms with Crippen molar-refractivity contribution in [2.75, 3.05) is 43.0 Å². The van der Waals surface area contributed by atoms with Crippen LogP contribution in [0.15, 0.2) is 48.5 Å². The standard InChI is InChI=1S/C28H29FN4O5S/c1-17-12-22(27(35)30-15-20(34)16-33-8-10-39(37,38)11-9-33)25(31-17)14-23-26-21(18-4-2-5-19(29)13-18)6-3-7-24(26)32-28(23)36/h2-7,12-14,20,31,34H,8-11,15-16H2,1H3,(H,30,35)(H,32,36)/b23-14-. The zero-order valence-electron chi connectivity index (χ0n) is 21.3. The van der Waals surface area contributed by atoms with E-state index in [1.54, 1.807) is 43.3 Å². The predicted octanol–water partition coefficient (Wildman–Crippen LogP) is 2.44. The molecule has 0 spiro atoms. The van der Waals surface area contributed by atoms with Gasteiger partial charge in [0, 0.05) is 43.1 Å². The Bertz CT molecular complexity index is 1570. The average molecular weight is 553 g/mol. The number of anilines is 1. The molecule has 0 aliphatic carbocycles. The Morgan fingerprint density at radius 3 is 2.67 bits per heavy atom. The van der Waals surface area contributed by atoms with Gasteiger partial charge in [-0.3, -0.25) is 14.5 Å². The second kappa shape index (κ2) is 10.8. The molecule has 1 aromatic heterocycles. The SMILES string of the molecule is Cc1cc(C(=O)NCC(O)CN2CCS(=O)(=O)CC2)c(/C=C2\C(=O)Nc3cccc(-c4cccc(F)c4)c32)[nH]1. The summed E-state index contributed by atoms with van der Waals surface area (Å²) in [7, 11) is -3.02. The molecule has 5 rings (SSSR count). The van der Waals surface area contributed by atoms with Crippen LogP contribution in [0.25, 0.3) is 22.8 Å². The molecule has 3 aromatic rings. The van der Waals surface area contributed by atoms with Crippen LogP contribution in [0, 0.1) is 12.7 Å². The number of rotatable bonds is 7. The first-order chi connectivity index (χ1) is 18.6. The number of benzene rings is 2. The lowest BCUT2D eigenvalue weighted by Gasteiger charge is -2.28. The lowest BCUT2D eigenvalue weighted by Crippen LogP contribution is -2.46. The number of β-amino-alcohol motifs (C(OH)–C–C–N with tert-alkyl or cyclic N) is 1. The van der Waals surface area contributed by atoms with Crippen LogP contribution in [-0.2, 0) is 14.6 Å². The van der Waals surface area contributed by atoms with Crippen LogP contribution in [0.5, 0.6) is 0 Å². The number of aromatic nitrogens is 1. The molecule has 3 heterocycles. The number of hydrogen-bond acceptors (Lipinski definition) is 6. The number of aliphatic hydroxyl groups excluding tert-OH is 1. The van der Waals surface area contributed by atoms with Crippen LogP contribution >= 0.6 is 0 Å². The fraction of sp³-hybridized carbons (Fsp3) is 0.286. The number of amides is 2. The fourth-order valence-corrected chi connectivity index (χ4v) is 6.22. The molecule has 1 unspecified atom stereocenters. The number of fused-ring (bicyclic) bond motifs is 1. The summed E-state index contributed by atoms with van der Waals surface area (Å²) in [6.07, 6.45) is 0.731. The van der Waals surface area contributed by atoms with E-state index in [1.165, 1.54) is 12.1 Å². The van der Waals surface area contributed by atoms with Gasteiger partial charge < -0.3 is 20.7 Å². The molecular weight excluding hydrogens is 523 g/mol. The first kappa shape index (κ1) is 26.8. The monoisotopic (exact) mass is 552 g/mol. The number of sulfone groups is 1. The summed E-state index contributed by atoms with van der Waals surface area (Å²) in [5, 5.41) is 16.0. The van der Waals surface area contributed by atoms with Crippen LogP contribution in [0.3, 0.4) is 0 Å². The second-order valence-electron chi connectivity index (χ2n) is 9.85. The van der Waals surface area contributed by atoms with E-state index >= 15 is 0 Å². The maximum absolute atomic E-state index is 14.0. The topological polar surface area (TPSA) is 132 Å². The summed E-state index contributed by atoms with van der Waals surface area (Å²) in [5.41, 5.74) is 4.28. The molecule has 1 saturated heterocycles. The number of nitrogens with zero attached hydrogens (tertiary/aromatic N) is 1. The highest BCUT2D eigenvalue weighted by molar-refractivity contribution is 7.91. The molecule has 2 aliphatic rings. The zero-order valence-corrected chi connectivity index (χ0v) is 22.1. The molecule has 1 atom stereocenters. The second-order valence-corrected chi connectivity index (χ2v) is 12.2. The van der Waals surface area contributed by atoms with Crippen molar-refractivity contribution in [3.05, 3.63) is 76.9 Å². The molecule has 9 nitrogen and oxygen atoms in total. The molecule has 4 N–H and O–H groups in total. The van der Waals surface area contributed by atoms with Gasteiger partial charge in [-0.05, 0) is 48.4 Å². The number of H-pyrrole nitrogens is 1. The number of aliphatic hydroxyl groups is 1. The number of hydrogen-bond donors (Lipinski definition) is 4. The van der Waals surface area contributed by atoms with Crippen molar-refractivity contribution in [1.82, 2.24) is 15.2 Å². The molecule has 11 heteroatoms. The van der Waals surface area contributed by atoms with Gasteiger partial charge in [-0.2, -0.15) is 0 Å². The quantitative estimate of drug-likeness (QED) is 0.333. The smallest absolute Gasteiger partial charge is 0.256 e. The number of carbonyl (C=O) groups is 2. The number of carbonyl (C=O) groups excluding carboxylic acids is 2. The van der Waals surface area contributed by atoms with E-state index in [0.717, 1.165) is 0 Å². The molecule has 0 radical (unpaired) electrons. The maximum Gasteiger partial charge on any atom is 0.256 e. The van der Waals surface area contributed by atoms with Crippen molar-refractivity contribution < 1.29 is 27.5 Å². The van der Waals surface area contributed by atoms with Gasteiger partial charge in [0.2, 0.25) is 0 Å². The number of aryl methyl sites for hydroxylation is 1. The lowest BCUT2D eigenvalue weighted by molar-refractivity contribution is -0.110. The number of aromatic amines is 1. The number of nitrogens with one attached hydrogen (secondary N) is 3. The van der Waals surface area contributed by atoms with E-state index in [-0.39, 0.29) is 36.3 Å². The minimum absolute atomic E-state index is 0.0185. The Hall–Kier alpha value is -3.80. The Kier molecular flexibility index (Phi) is 7.39. The highest BCUT2D eigenvalue weighted by Gasteiger charge is 2.29. The molecule has 0 saturated carbocycles. The molecule has 204 valence electrons. The fourth-order valence-electron chi connectivity index (χ4n) is 4.94. The lowest BCUT2D eigenvalue weighted by atomic mass is 9.94. The van der Waals surface area contributed by atoms with Crippen molar-refractivity contribution in [2.45, 2.75) is 13.0 Å². The first-order valence-electron chi connectivity index (χ1n) is 12.6. The van der Waals surface area contributed by atoms with Gasteiger partial charge in [0.1, 0.15) is 5.82 Å². The number of halogens is 1. The van der Waals surface area contributed by atoms with E-state index in [9.17, 15) is 27.5 Å². The van der Waals surface area contributed by atoms with E-state index in [4.69, 9.17) is 0 Å². The first-order valence-corrected chi connectivity index (χ1v) is 14.4. The zero-order chi connectivity index (χ0) is 27.7. The largest absolute Gasteiger partial charge is 0.390 e. The third kappa shape index (κ3) is 5.95. The van der Waals surface area contributed by atoms with Gasteiger partial charge in [-0.15, -0.1) is 0 Å². The van der Waals surface area contributed by atoms with Crippen molar-refractivity contribution in [3.63, 3.8) is 0 Å². The van der Waals surface area contributed by atoms with Crippen LogP contribution in [0.1, 0.15) is 27.3 Å². The molecular formula is C28H29FN4O5S. The Morgan fingerprint density at radius 2 is 1.92 bits per heavy atom. The van der Waals surface area contributed by atoms with Gasteiger partial charge in [-0.25, -0.2) is 12.8 Å². The van der Waals surface area contributed by atoms with Crippen LogP contribution in [0.2, 0.25) is 0 Å². The van der Waals surface area contributed by atoms with Gasteiger partial charge in [0.05, 0.1) is 34.4 Å².